The van der Waals surface area contributed by atoms with Gasteiger partial charge in [0.2, 0.25) is 5.91 Å². The highest BCUT2D eigenvalue weighted by molar-refractivity contribution is 5.92. The van der Waals surface area contributed by atoms with Gasteiger partial charge in [-0.1, -0.05) is 0 Å². The summed E-state index contributed by atoms with van der Waals surface area (Å²) in [6, 6.07) is 1.50. The number of carbonyl (C=O) groups excluding carboxylic acids is 2. The first-order valence-corrected chi connectivity index (χ1v) is 7.64. The van der Waals surface area contributed by atoms with Crippen molar-refractivity contribution < 1.29 is 22.8 Å². The third-order valence-corrected chi connectivity index (χ3v) is 3.74. The first-order valence-electron chi connectivity index (χ1n) is 7.64. The van der Waals surface area contributed by atoms with Crippen LogP contribution in [0.1, 0.15) is 63.8 Å². The first kappa shape index (κ1) is 20.5. The van der Waals surface area contributed by atoms with Crippen molar-refractivity contribution in [2.45, 2.75) is 59.0 Å². The second-order valence-corrected chi connectivity index (χ2v) is 7.01. The number of nitriles is 1. The predicted molar refractivity (Wildman–Crippen MR) is 84.6 cm³/mol. The monoisotopic (exact) mass is 356 g/mol. The quantitative estimate of drug-likeness (QED) is 0.780. The van der Waals surface area contributed by atoms with Gasteiger partial charge in [-0.3, -0.25) is 9.59 Å². The second-order valence-electron chi connectivity index (χ2n) is 7.01. The molecular formula is C16H22F2N4O3. The Morgan fingerprint density at radius 3 is 2.44 bits per heavy atom. The maximum Gasteiger partial charge on any atom is 0.313 e. The van der Waals surface area contributed by atoms with Gasteiger partial charge in [-0.05, 0) is 34.6 Å². The van der Waals surface area contributed by atoms with E-state index in [1.807, 2.05) is 6.07 Å². The fourth-order valence-electron chi connectivity index (χ4n) is 1.90. The number of aromatic nitrogens is 1. The number of alkyl halides is 2. The topological polar surface area (TPSA) is 108 Å². The number of amides is 2. The van der Waals surface area contributed by atoms with Crippen LogP contribution in [0.2, 0.25) is 0 Å². The molecule has 2 N–H and O–H groups in total. The van der Waals surface area contributed by atoms with Crippen LogP contribution in [0.5, 0.6) is 0 Å². The zero-order valence-electron chi connectivity index (χ0n) is 14.8. The van der Waals surface area contributed by atoms with Crippen molar-refractivity contribution in [3.8, 4) is 6.07 Å². The van der Waals surface area contributed by atoms with Crippen molar-refractivity contribution in [1.82, 2.24) is 15.6 Å². The van der Waals surface area contributed by atoms with Crippen LogP contribution in [0.4, 0.5) is 8.78 Å². The number of carbonyl (C=O) groups is 2. The molecule has 1 rings (SSSR count). The average molecular weight is 356 g/mol. The van der Waals surface area contributed by atoms with Crippen LogP contribution in [-0.2, 0) is 4.79 Å². The molecule has 0 spiro atoms. The molecule has 0 fully saturated rings. The standard InChI is InChI=1S/C16H22F2N4O3/c1-9(16(4,5)22-11(23)6-15(2,3)8-19)20-13(24)10-7-25-14(21-10)12(17)18/h7,9,12H,6H2,1-5H3,(H,20,24)(H,22,23). The molecule has 0 radical (unpaired) electrons. The molecule has 1 unspecified atom stereocenters. The molecule has 7 nitrogen and oxygen atoms in total. The lowest BCUT2D eigenvalue weighted by atomic mass is 9.89. The van der Waals surface area contributed by atoms with E-state index in [0.717, 1.165) is 6.26 Å². The van der Waals surface area contributed by atoms with Crippen LogP contribution in [0.15, 0.2) is 10.7 Å². The summed E-state index contributed by atoms with van der Waals surface area (Å²) in [5, 5.41) is 14.3. The van der Waals surface area contributed by atoms with Crippen molar-refractivity contribution in [3.05, 3.63) is 17.8 Å². The van der Waals surface area contributed by atoms with Crippen molar-refractivity contribution in [2.75, 3.05) is 0 Å². The molecule has 0 aliphatic rings. The van der Waals surface area contributed by atoms with Gasteiger partial charge in [0.15, 0.2) is 5.69 Å². The Bertz CT molecular complexity index is 677. The van der Waals surface area contributed by atoms with E-state index in [-0.39, 0.29) is 18.0 Å². The Labute approximate surface area is 144 Å². The third-order valence-electron chi connectivity index (χ3n) is 3.74. The minimum atomic E-state index is -2.90. The van der Waals surface area contributed by atoms with Crippen LogP contribution in [0.25, 0.3) is 0 Å². The number of rotatable bonds is 7. The summed E-state index contributed by atoms with van der Waals surface area (Å²) in [5.74, 6) is -1.86. The lowest BCUT2D eigenvalue weighted by molar-refractivity contribution is -0.124. The maximum atomic E-state index is 12.4. The lowest BCUT2D eigenvalue weighted by Gasteiger charge is -2.34. The molecule has 0 aromatic carbocycles. The van der Waals surface area contributed by atoms with Gasteiger partial charge in [0, 0.05) is 12.5 Å². The number of oxazole rings is 1. The highest BCUT2D eigenvalue weighted by Gasteiger charge is 2.32. The molecule has 1 aromatic heterocycles. The van der Waals surface area contributed by atoms with E-state index in [9.17, 15) is 18.4 Å². The number of nitrogens with one attached hydrogen (secondary N) is 2. The molecule has 1 heterocycles. The molecule has 0 bridgehead atoms. The summed E-state index contributed by atoms with van der Waals surface area (Å²) in [7, 11) is 0. The van der Waals surface area contributed by atoms with E-state index in [0.29, 0.717) is 0 Å². The fraction of sp³-hybridized carbons (Fsp3) is 0.625. The smallest absolute Gasteiger partial charge is 0.313 e. The van der Waals surface area contributed by atoms with E-state index in [1.165, 1.54) is 0 Å². The highest BCUT2D eigenvalue weighted by atomic mass is 19.3. The van der Waals surface area contributed by atoms with Crippen molar-refractivity contribution in [3.63, 3.8) is 0 Å². The molecule has 1 atom stereocenters. The molecule has 1 aromatic rings. The largest absolute Gasteiger partial charge is 0.443 e. The Kier molecular flexibility index (Phi) is 6.24. The van der Waals surface area contributed by atoms with E-state index in [4.69, 9.17) is 5.26 Å². The Hall–Kier alpha value is -2.50. The van der Waals surface area contributed by atoms with E-state index in [2.05, 4.69) is 20.0 Å². The fourth-order valence-corrected chi connectivity index (χ4v) is 1.90. The first-order chi connectivity index (χ1) is 11.4. The van der Waals surface area contributed by atoms with Crippen LogP contribution < -0.4 is 10.6 Å². The van der Waals surface area contributed by atoms with Crippen LogP contribution in [0.3, 0.4) is 0 Å². The van der Waals surface area contributed by atoms with Crippen molar-refractivity contribution >= 4 is 11.8 Å². The number of halogens is 2. The van der Waals surface area contributed by atoms with Crippen LogP contribution >= 0.6 is 0 Å². The van der Waals surface area contributed by atoms with E-state index in [1.54, 1.807) is 34.6 Å². The van der Waals surface area contributed by atoms with Crippen LogP contribution in [-0.4, -0.2) is 28.4 Å². The second kappa shape index (κ2) is 7.59. The van der Waals surface area contributed by atoms with Gasteiger partial charge in [0.25, 0.3) is 11.8 Å². The average Bonchev–Trinajstić information content (AvgIpc) is 2.95. The van der Waals surface area contributed by atoms with E-state index >= 15 is 0 Å². The van der Waals surface area contributed by atoms with Crippen molar-refractivity contribution in [1.29, 1.82) is 5.26 Å². The predicted octanol–water partition coefficient (Wildman–Crippen LogP) is 2.57. The molecule has 138 valence electrons. The van der Waals surface area contributed by atoms with Gasteiger partial charge in [-0.2, -0.15) is 14.0 Å². The van der Waals surface area contributed by atoms with Crippen molar-refractivity contribution in [2.24, 2.45) is 5.41 Å². The summed E-state index contributed by atoms with van der Waals surface area (Å²) in [5.41, 5.74) is -1.91. The van der Waals surface area contributed by atoms with Gasteiger partial charge in [-0.15, -0.1) is 0 Å². The van der Waals surface area contributed by atoms with Gasteiger partial charge in [-0.25, -0.2) is 4.98 Å². The number of nitrogens with zero attached hydrogens (tertiary/aromatic N) is 2. The summed E-state index contributed by atoms with van der Waals surface area (Å²) >= 11 is 0. The van der Waals surface area contributed by atoms with Gasteiger partial charge in [0.1, 0.15) is 6.26 Å². The van der Waals surface area contributed by atoms with E-state index < -0.39 is 35.2 Å². The maximum absolute atomic E-state index is 12.4. The molecule has 0 saturated carbocycles. The van der Waals surface area contributed by atoms with Crippen LogP contribution in [0, 0.1) is 16.7 Å². The summed E-state index contributed by atoms with van der Waals surface area (Å²) in [6.45, 7) is 8.35. The molecular weight excluding hydrogens is 334 g/mol. The van der Waals surface area contributed by atoms with Gasteiger partial charge in [0.05, 0.1) is 17.0 Å². The third kappa shape index (κ3) is 5.81. The minimum Gasteiger partial charge on any atom is -0.443 e. The molecule has 0 aliphatic heterocycles. The zero-order valence-corrected chi connectivity index (χ0v) is 14.8. The minimum absolute atomic E-state index is 0.00856. The molecule has 0 saturated heterocycles. The Morgan fingerprint density at radius 1 is 1.36 bits per heavy atom. The number of hydrogen-bond acceptors (Lipinski definition) is 5. The zero-order chi connectivity index (χ0) is 19.4. The normalized spacial score (nSPS) is 13.2. The molecule has 25 heavy (non-hydrogen) atoms. The molecule has 2 amide bonds. The summed E-state index contributed by atoms with van der Waals surface area (Å²) in [4.78, 5) is 27.6. The Morgan fingerprint density at radius 2 is 1.96 bits per heavy atom. The Balaban J connectivity index is 2.70. The summed E-state index contributed by atoms with van der Waals surface area (Å²) in [6.07, 6.45) is -2.04. The lowest BCUT2D eigenvalue weighted by Crippen LogP contribution is -2.57. The SMILES string of the molecule is CC(NC(=O)c1coc(C(F)F)n1)C(C)(C)NC(=O)CC(C)(C)C#N. The molecule has 0 aliphatic carbocycles. The number of hydrogen-bond donors (Lipinski definition) is 2. The summed E-state index contributed by atoms with van der Waals surface area (Å²) < 4.78 is 29.4. The highest BCUT2D eigenvalue weighted by Crippen LogP contribution is 2.20. The van der Waals surface area contributed by atoms with Gasteiger partial charge >= 0.3 is 6.43 Å². The molecule has 9 heteroatoms. The van der Waals surface area contributed by atoms with Gasteiger partial charge < -0.3 is 15.1 Å².